The predicted octanol–water partition coefficient (Wildman–Crippen LogP) is 1.97. The summed E-state index contributed by atoms with van der Waals surface area (Å²) >= 11 is 5.73. The van der Waals surface area contributed by atoms with Crippen molar-refractivity contribution in [1.82, 2.24) is 15.3 Å². The molecular formula is C14H14ClN3O2. The Kier molecular flexibility index (Phi) is 4.20. The van der Waals surface area contributed by atoms with Gasteiger partial charge in [0.1, 0.15) is 5.15 Å². The molecule has 2 N–H and O–H groups in total. The van der Waals surface area contributed by atoms with Crippen LogP contribution in [0, 0.1) is 13.8 Å². The van der Waals surface area contributed by atoms with Crippen molar-refractivity contribution in [2.75, 3.05) is 0 Å². The Morgan fingerprint density at radius 2 is 2.15 bits per heavy atom. The van der Waals surface area contributed by atoms with Gasteiger partial charge in [0, 0.05) is 29.6 Å². The van der Waals surface area contributed by atoms with Crippen LogP contribution < -0.4 is 10.9 Å². The molecule has 0 radical (unpaired) electrons. The van der Waals surface area contributed by atoms with Crippen LogP contribution in [-0.2, 0) is 6.54 Å². The maximum Gasteiger partial charge on any atom is 0.253 e. The fraction of sp³-hybridized carbons (Fsp3) is 0.214. The number of aromatic nitrogens is 2. The Balaban J connectivity index is 2.13. The van der Waals surface area contributed by atoms with Gasteiger partial charge in [0.25, 0.3) is 11.5 Å². The number of carbonyl (C=O) groups excluding carboxylic acids is 1. The molecule has 0 bridgehead atoms. The van der Waals surface area contributed by atoms with E-state index in [9.17, 15) is 9.59 Å². The third kappa shape index (κ3) is 3.24. The number of nitrogens with one attached hydrogen (secondary N) is 2. The third-order valence-corrected chi connectivity index (χ3v) is 3.11. The van der Waals surface area contributed by atoms with E-state index in [1.54, 1.807) is 6.07 Å². The molecule has 104 valence electrons. The van der Waals surface area contributed by atoms with E-state index in [0.29, 0.717) is 11.1 Å². The smallest absolute Gasteiger partial charge is 0.253 e. The molecule has 0 aromatic carbocycles. The number of hydrogen-bond acceptors (Lipinski definition) is 3. The normalized spacial score (nSPS) is 10.3. The Morgan fingerprint density at radius 3 is 2.80 bits per heavy atom. The Hall–Kier alpha value is -2.14. The van der Waals surface area contributed by atoms with E-state index in [1.807, 2.05) is 19.9 Å². The number of rotatable bonds is 3. The molecule has 0 aliphatic rings. The molecule has 2 heterocycles. The van der Waals surface area contributed by atoms with Gasteiger partial charge in [0.05, 0.1) is 0 Å². The highest BCUT2D eigenvalue weighted by Crippen LogP contribution is 2.08. The minimum Gasteiger partial charge on any atom is -0.348 e. The second kappa shape index (κ2) is 5.88. The van der Waals surface area contributed by atoms with Gasteiger partial charge in [0.2, 0.25) is 0 Å². The lowest BCUT2D eigenvalue weighted by Crippen LogP contribution is -2.27. The molecule has 0 unspecified atom stereocenters. The number of carbonyl (C=O) groups is 1. The minimum atomic E-state index is -0.298. The fourth-order valence-electron chi connectivity index (χ4n) is 1.92. The zero-order valence-corrected chi connectivity index (χ0v) is 11.9. The fourth-order valence-corrected chi connectivity index (χ4v) is 2.09. The number of aryl methyl sites for hydroxylation is 2. The van der Waals surface area contributed by atoms with Crippen LogP contribution in [0.5, 0.6) is 0 Å². The van der Waals surface area contributed by atoms with Crippen LogP contribution >= 0.6 is 11.6 Å². The summed E-state index contributed by atoms with van der Waals surface area (Å²) in [7, 11) is 0. The first-order valence-electron chi connectivity index (χ1n) is 6.06. The molecule has 0 fully saturated rings. The van der Waals surface area contributed by atoms with Crippen LogP contribution in [-0.4, -0.2) is 15.9 Å². The Bertz CT molecular complexity index is 710. The molecule has 0 saturated carbocycles. The van der Waals surface area contributed by atoms with Crippen LogP contribution in [0.15, 0.2) is 29.2 Å². The number of pyridine rings is 2. The molecule has 2 rings (SSSR count). The van der Waals surface area contributed by atoms with Crippen molar-refractivity contribution in [3.8, 4) is 0 Å². The zero-order valence-electron chi connectivity index (χ0n) is 11.2. The highest BCUT2D eigenvalue weighted by atomic mass is 35.5. The van der Waals surface area contributed by atoms with Crippen LogP contribution in [0.2, 0.25) is 5.15 Å². The van der Waals surface area contributed by atoms with Gasteiger partial charge in [-0.1, -0.05) is 11.6 Å². The topological polar surface area (TPSA) is 74.8 Å². The van der Waals surface area contributed by atoms with Crippen LogP contribution in [0.1, 0.15) is 27.2 Å². The number of halogens is 1. The second-order valence-corrected chi connectivity index (χ2v) is 4.88. The molecule has 6 heteroatoms. The Morgan fingerprint density at radius 1 is 1.40 bits per heavy atom. The average molecular weight is 292 g/mol. The van der Waals surface area contributed by atoms with E-state index in [4.69, 9.17) is 11.6 Å². The zero-order chi connectivity index (χ0) is 14.7. The summed E-state index contributed by atoms with van der Waals surface area (Å²) in [6.45, 7) is 3.82. The lowest BCUT2D eigenvalue weighted by atomic mass is 10.1. The third-order valence-electron chi connectivity index (χ3n) is 2.91. The molecule has 0 atom stereocenters. The van der Waals surface area contributed by atoms with Gasteiger partial charge in [-0.05, 0) is 37.6 Å². The van der Waals surface area contributed by atoms with E-state index in [-0.39, 0.29) is 23.2 Å². The first-order chi connectivity index (χ1) is 9.47. The maximum atomic E-state index is 11.9. The number of amides is 1. The van der Waals surface area contributed by atoms with Crippen LogP contribution in [0.3, 0.4) is 0 Å². The van der Waals surface area contributed by atoms with E-state index in [0.717, 1.165) is 11.3 Å². The van der Waals surface area contributed by atoms with Crippen molar-refractivity contribution in [1.29, 1.82) is 0 Å². The monoisotopic (exact) mass is 291 g/mol. The lowest BCUT2D eigenvalue weighted by Gasteiger charge is -2.08. The number of aromatic amines is 1. The predicted molar refractivity (Wildman–Crippen MR) is 77.0 cm³/mol. The van der Waals surface area contributed by atoms with Gasteiger partial charge in [-0.2, -0.15) is 0 Å². The van der Waals surface area contributed by atoms with Crippen molar-refractivity contribution >= 4 is 17.5 Å². The molecule has 0 spiro atoms. The summed E-state index contributed by atoms with van der Waals surface area (Å²) in [6.07, 6.45) is 1.46. The lowest BCUT2D eigenvalue weighted by molar-refractivity contribution is 0.0950. The summed E-state index contributed by atoms with van der Waals surface area (Å²) in [4.78, 5) is 30.3. The Labute approximate surface area is 121 Å². The van der Waals surface area contributed by atoms with Gasteiger partial charge in [-0.25, -0.2) is 4.98 Å². The van der Waals surface area contributed by atoms with Crippen molar-refractivity contribution in [3.63, 3.8) is 0 Å². The van der Waals surface area contributed by atoms with E-state index in [1.165, 1.54) is 12.3 Å². The molecule has 2 aromatic heterocycles. The van der Waals surface area contributed by atoms with Crippen molar-refractivity contribution in [2.45, 2.75) is 20.4 Å². The number of H-pyrrole nitrogens is 1. The van der Waals surface area contributed by atoms with E-state index in [2.05, 4.69) is 15.3 Å². The SMILES string of the molecule is Cc1cc(C)c(CNC(=O)c2ccnc(Cl)c2)c(=O)[nH]1. The van der Waals surface area contributed by atoms with Crippen molar-refractivity contribution < 1.29 is 4.79 Å². The van der Waals surface area contributed by atoms with Gasteiger partial charge in [-0.3, -0.25) is 9.59 Å². The average Bonchev–Trinajstić information content (AvgIpc) is 2.37. The molecular weight excluding hydrogens is 278 g/mol. The molecule has 20 heavy (non-hydrogen) atoms. The van der Waals surface area contributed by atoms with Crippen molar-refractivity contribution in [3.05, 3.63) is 62.3 Å². The summed E-state index contributed by atoms with van der Waals surface area (Å²) in [5.74, 6) is -0.298. The molecule has 0 aliphatic carbocycles. The molecule has 5 nitrogen and oxygen atoms in total. The minimum absolute atomic E-state index is 0.167. The molecule has 1 amide bonds. The van der Waals surface area contributed by atoms with E-state index < -0.39 is 0 Å². The van der Waals surface area contributed by atoms with E-state index >= 15 is 0 Å². The van der Waals surface area contributed by atoms with Gasteiger partial charge >= 0.3 is 0 Å². The summed E-state index contributed by atoms with van der Waals surface area (Å²) in [5.41, 5.74) is 2.41. The molecule has 0 aliphatic heterocycles. The summed E-state index contributed by atoms with van der Waals surface area (Å²) in [6, 6.07) is 4.91. The first kappa shape index (κ1) is 14.3. The summed E-state index contributed by atoms with van der Waals surface area (Å²) in [5, 5.41) is 2.95. The number of nitrogens with zero attached hydrogens (tertiary/aromatic N) is 1. The highest BCUT2D eigenvalue weighted by molar-refractivity contribution is 6.29. The van der Waals surface area contributed by atoms with Crippen LogP contribution in [0.25, 0.3) is 0 Å². The first-order valence-corrected chi connectivity index (χ1v) is 6.44. The number of hydrogen-bond donors (Lipinski definition) is 2. The standard InChI is InChI=1S/C14H14ClN3O2/c1-8-5-9(2)18-14(20)11(8)7-17-13(19)10-3-4-16-12(15)6-10/h3-6H,7H2,1-2H3,(H,17,19)(H,18,20). The summed E-state index contributed by atoms with van der Waals surface area (Å²) < 4.78 is 0. The van der Waals surface area contributed by atoms with Gasteiger partial charge < -0.3 is 10.3 Å². The van der Waals surface area contributed by atoms with Crippen molar-refractivity contribution in [2.24, 2.45) is 0 Å². The van der Waals surface area contributed by atoms with Gasteiger partial charge in [-0.15, -0.1) is 0 Å². The highest BCUT2D eigenvalue weighted by Gasteiger charge is 2.09. The molecule has 0 saturated heterocycles. The maximum absolute atomic E-state index is 11.9. The van der Waals surface area contributed by atoms with Gasteiger partial charge in [0.15, 0.2) is 0 Å². The van der Waals surface area contributed by atoms with Crippen LogP contribution in [0.4, 0.5) is 0 Å². The second-order valence-electron chi connectivity index (χ2n) is 4.49. The molecule has 2 aromatic rings. The largest absolute Gasteiger partial charge is 0.348 e. The quantitative estimate of drug-likeness (QED) is 0.849.